The molecule has 2 rings (SSSR count). The number of aryl methyl sites for hydroxylation is 1. The number of amides is 1. The lowest BCUT2D eigenvalue weighted by Gasteiger charge is -2.11. The molecule has 24 heavy (non-hydrogen) atoms. The van der Waals surface area contributed by atoms with Gasteiger partial charge in [0.25, 0.3) is 5.91 Å². The van der Waals surface area contributed by atoms with Crippen LogP contribution in [0.15, 0.2) is 36.4 Å². The first kappa shape index (κ1) is 17.1. The van der Waals surface area contributed by atoms with Crippen molar-refractivity contribution < 1.29 is 23.9 Å². The van der Waals surface area contributed by atoms with Crippen LogP contribution in [-0.4, -0.2) is 37.0 Å². The zero-order chi connectivity index (χ0) is 17.7. The highest BCUT2D eigenvalue weighted by Crippen LogP contribution is 2.20. The number of aromatic nitrogens is 1. The molecule has 0 radical (unpaired) electrons. The van der Waals surface area contributed by atoms with Crippen LogP contribution < -0.4 is 5.32 Å². The number of hydrogen-bond donors (Lipinski definition) is 1. The molecule has 0 spiro atoms. The summed E-state index contributed by atoms with van der Waals surface area (Å²) in [4.78, 5) is 40.0. The Hall–Kier alpha value is -3.22. The van der Waals surface area contributed by atoms with E-state index in [9.17, 15) is 14.4 Å². The molecule has 0 saturated carbocycles. The smallest absolute Gasteiger partial charge is 0.339 e. The predicted molar refractivity (Wildman–Crippen MR) is 86.0 cm³/mol. The Balaban J connectivity index is 2.40. The van der Waals surface area contributed by atoms with Crippen LogP contribution in [0.4, 0.5) is 5.69 Å². The number of nitrogens with one attached hydrogen (secondary N) is 1. The number of carbonyl (C=O) groups is 3. The first-order chi connectivity index (χ1) is 11.5. The normalized spacial score (nSPS) is 9.96. The SMILES string of the molecule is COC(=O)c1ccc(C(=O)OC)c(NC(=O)c2cccc(C)n2)c1. The predicted octanol–water partition coefficient (Wildman–Crippen LogP) is 2.22. The van der Waals surface area contributed by atoms with Gasteiger partial charge in [-0.1, -0.05) is 6.07 Å². The average Bonchev–Trinajstić information content (AvgIpc) is 2.60. The second kappa shape index (κ2) is 7.36. The summed E-state index contributed by atoms with van der Waals surface area (Å²) >= 11 is 0. The van der Waals surface area contributed by atoms with E-state index in [0.717, 1.165) is 0 Å². The molecule has 0 saturated heterocycles. The lowest BCUT2D eigenvalue weighted by Crippen LogP contribution is -2.17. The monoisotopic (exact) mass is 328 g/mol. The van der Waals surface area contributed by atoms with Gasteiger partial charge in [0.15, 0.2) is 0 Å². The standard InChI is InChI=1S/C17H16N2O5/c1-10-5-4-6-13(18-10)15(20)19-14-9-11(16(21)23-2)7-8-12(14)17(22)24-3/h4-9H,1-3H3,(H,19,20). The van der Waals surface area contributed by atoms with Gasteiger partial charge in [0.2, 0.25) is 0 Å². The van der Waals surface area contributed by atoms with Gasteiger partial charge in [-0.05, 0) is 37.3 Å². The first-order valence-electron chi connectivity index (χ1n) is 7.02. The van der Waals surface area contributed by atoms with E-state index in [1.165, 1.54) is 32.4 Å². The molecule has 2 aromatic rings. The topological polar surface area (TPSA) is 94.6 Å². The van der Waals surface area contributed by atoms with Crippen LogP contribution >= 0.6 is 0 Å². The van der Waals surface area contributed by atoms with E-state index >= 15 is 0 Å². The van der Waals surface area contributed by atoms with Crippen molar-refractivity contribution in [2.75, 3.05) is 19.5 Å². The van der Waals surface area contributed by atoms with Gasteiger partial charge in [-0.25, -0.2) is 14.6 Å². The summed E-state index contributed by atoms with van der Waals surface area (Å²) in [5.41, 5.74) is 1.32. The minimum atomic E-state index is -0.640. The number of methoxy groups -OCH3 is 2. The number of rotatable bonds is 4. The first-order valence-corrected chi connectivity index (χ1v) is 7.02. The summed E-state index contributed by atoms with van der Waals surface area (Å²) in [6, 6.07) is 9.16. The van der Waals surface area contributed by atoms with Gasteiger partial charge in [0.1, 0.15) is 5.69 Å². The Bertz CT molecular complexity index is 801. The van der Waals surface area contributed by atoms with Crippen molar-refractivity contribution >= 4 is 23.5 Å². The molecule has 0 aliphatic carbocycles. The van der Waals surface area contributed by atoms with Gasteiger partial charge in [-0.2, -0.15) is 0 Å². The van der Waals surface area contributed by atoms with Gasteiger partial charge in [0, 0.05) is 5.69 Å². The molecule has 0 bridgehead atoms. The average molecular weight is 328 g/mol. The molecule has 0 atom stereocenters. The van der Waals surface area contributed by atoms with E-state index in [1.807, 2.05) is 0 Å². The van der Waals surface area contributed by atoms with Crippen LogP contribution in [0.5, 0.6) is 0 Å². The summed E-state index contributed by atoms with van der Waals surface area (Å²) in [6.45, 7) is 1.76. The molecule has 1 amide bonds. The molecule has 0 fully saturated rings. The van der Waals surface area contributed by atoms with E-state index in [1.54, 1.807) is 25.1 Å². The molecular weight excluding hydrogens is 312 g/mol. The molecule has 0 aliphatic rings. The van der Waals surface area contributed by atoms with Crippen LogP contribution in [0.1, 0.15) is 36.9 Å². The molecule has 1 heterocycles. The van der Waals surface area contributed by atoms with Crippen molar-refractivity contribution in [3.63, 3.8) is 0 Å². The number of ether oxygens (including phenoxy) is 2. The molecule has 7 nitrogen and oxygen atoms in total. The number of nitrogens with zero attached hydrogens (tertiary/aromatic N) is 1. The van der Waals surface area contributed by atoms with E-state index in [0.29, 0.717) is 5.69 Å². The maximum Gasteiger partial charge on any atom is 0.339 e. The van der Waals surface area contributed by atoms with Gasteiger partial charge < -0.3 is 14.8 Å². The Morgan fingerprint density at radius 3 is 2.33 bits per heavy atom. The van der Waals surface area contributed by atoms with Crippen LogP contribution in [0.3, 0.4) is 0 Å². The number of benzene rings is 1. The summed E-state index contributed by atoms with van der Waals surface area (Å²) in [7, 11) is 2.47. The minimum Gasteiger partial charge on any atom is -0.465 e. The molecule has 0 unspecified atom stereocenters. The Kier molecular flexibility index (Phi) is 5.26. The second-order valence-electron chi connectivity index (χ2n) is 4.86. The molecule has 7 heteroatoms. The van der Waals surface area contributed by atoms with Crippen molar-refractivity contribution in [2.24, 2.45) is 0 Å². The van der Waals surface area contributed by atoms with Crippen LogP contribution in [-0.2, 0) is 9.47 Å². The van der Waals surface area contributed by atoms with Crippen LogP contribution in [0.25, 0.3) is 0 Å². The van der Waals surface area contributed by atoms with Gasteiger partial charge >= 0.3 is 11.9 Å². The molecule has 124 valence electrons. The highest BCUT2D eigenvalue weighted by molar-refractivity contribution is 6.08. The van der Waals surface area contributed by atoms with E-state index < -0.39 is 17.8 Å². The number of carbonyl (C=O) groups excluding carboxylic acids is 3. The van der Waals surface area contributed by atoms with E-state index in [2.05, 4.69) is 19.8 Å². The Morgan fingerprint density at radius 2 is 1.71 bits per heavy atom. The van der Waals surface area contributed by atoms with Crippen LogP contribution in [0, 0.1) is 6.92 Å². The minimum absolute atomic E-state index is 0.117. The quantitative estimate of drug-likeness (QED) is 0.865. The fourth-order valence-electron chi connectivity index (χ4n) is 2.04. The van der Waals surface area contributed by atoms with Gasteiger partial charge in [-0.3, -0.25) is 4.79 Å². The molecule has 0 aliphatic heterocycles. The third-order valence-electron chi connectivity index (χ3n) is 3.22. The maximum absolute atomic E-state index is 12.3. The largest absolute Gasteiger partial charge is 0.465 e. The molecule has 1 aromatic carbocycles. The third-order valence-corrected chi connectivity index (χ3v) is 3.22. The van der Waals surface area contributed by atoms with Gasteiger partial charge in [-0.15, -0.1) is 0 Å². The van der Waals surface area contributed by atoms with Crippen molar-refractivity contribution in [1.82, 2.24) is 4.98 Å². The van der Waals surface area contributed by atoms with Crippen molar-refractivity contribution in [2.45, 2.75) is 6.92 Å². The summed E-state index contributed by atoms with van der Waals surface area (Å²) in [6.07, 6.45) is 0. The third kappa shape index (κ3) is 3.75. The van der Waals surface area contributed by atoms with Crippen molar-refractivity contribution in [3.8, 4) is 0 Å². The Morgan fingerprint density at radius 1 is 1.00 bits per heavy atom. The lowest BCUT2D eigenvalue weighted by atomic mass is 10.1. The maximum atomic E-state index is 12.3. The zero-order valence-corrected chi connectivity index (χ0v) is 13.5. The Labute approximate surface area is 138 Å². The number of esters is 2. The summed E-state index contributed by atoms with van der Waals surface area (Å²) in [5, 5.41) is 2.58. The molecular formula is C17H16N2O5. The number of hydrogen-bond acceptors (Lipinski definition) is 6. The molecule has 1 N–H and O–H groups in total. The highest BCUT2D eigenvalue weighted by atomic mass is 16.5. The zero-order valence-electron chi connectivity index (χ0n) is 13.5. The fourth-order valence-corrected chi connectivity index (χ4v) is 2.04. The summed E-state index contributed by atoms with van der Waals surface area (Å²) < 4.78 is 9.33. The number of pyridine rings is 1. The molecule has 1 aromatic heterocycles. The highest BCUT2D eigenvalue weighted by Gasteiger charge is 2.18. The van der Waals surface area contributed by atoms with Crippen LogP contribution in [0.2, 0.25) is 0 Å². The second-order valence-corrected chi connectivity index (χ2v) is 4.86. The van der Waals surface area contributed by atoms with E-state index in [4.69, 9.17) is 0 Å². The van der Waals surface area contributed by atoms with E-state index in [-0.39, 0.29) is 22.5 Å². The van der Waals surface area contributed by atoms with Gasteiger partial charge in [0.05, 0.1) is 31.0 Å². The fraction of sp³-hybridized carbons (Fsp3) is 0.176. The van der Waals surface area contributed by atoms with Crippen molar-refractivity contribution in [1.29, 1.82) is 0 Å². The van der Waals surface area contributed by atoms with Crippen molar-refractivity contribution in [3.05, 3.63) is 58.9 Å². The lowest BCUT2D eigenvalue weighted by molar-refractivity contribution is 0.0587. The number of anilines is 1. The summed E-state index contributed by atoms with van der Waals surface area (Å²) in [5.74, 6) is -1.74.